The molecule has 0 amide bonds. The number of aromatic nitrogens is 4. The van der Waals surface area contributed by atoms with Crippen LogP contribution < -0.4 is 10.3 Å². The van der Waals surface area contributed by atoms with Gasteiger partial charge in [-0.15, -0.1) is 0 Å². The number of nitrogens with one attached hydrogen (secondary N) is 1. The first-order valence-electron chi connectivity index (χ1n) is 9.79. The van der Waals surface area contributed by atoms with Crippen LogP contribution in [0, 0.1) is 0 Å². The van der Waals surface area contributed by atoms with Crippen molar-refractivity contribution in [1.82, 2.24) is 14.5 Å². The van der Waals surface area contributed by atoms with E-state index >= 15 is 0 Å². The van der Waals surface area contributed by atoms with E-state index in [9.17, 15) is 0 Å². The first kappa shape index (κ1) is 18.5. The summed E-state index contributed by atoms with van der Waals surface area (Å²) in [6.07, 6.45) is 4.43. The van der Waals surface area contributed by atoms with Gasteiger partial charge in [-0.05, 0) is 38.1 Å². The Morgan fingerprint density at radius 3 is 2.57 bits per heavy atom. The van der Waals surface area contributed by atoms with Crippen LogP contribution in [0.1, 0.15) is 46.0 Å². The maximum atomic E-state index is 5.83. The molecule has 0 atom stereocenters. The van der Waals surface area contributed by atoms with Crippen LogP contribution in [0.3, 0.4) is 0 Å². The van der Waals surface area contributed by atoms with Gasteiger partial charge in [-0.25, -0.2) is 9.55 Å². The van der Waals surface area contributed by atoms with Gasteiger partial charge in [-0.2, -0.15) is 0 Å². The summed E-state index contributed by atoms with van der Waals surface area (Å²) >= 11 is 0. The topological polar surface area (TPSA) is 63.5 Å². The Balaban J connectivity index is 1.69. The van der Waals surface area contributed by atoms with Gasteiger partial charge in [0.1, 0.15) is 5.82 Å². The summed E-state index contributed by atoms with van der Waals surface area (Å²) in [5.74, 6) is 0.550. The molecule has 0 aromatic carbocycles. The maximum absolute atomic E-state index is 5.83. The molecule has 0 bridgehead atoms. The van der Waals surface area contributed by atoms with Gasteiger partial charge in [0.2, 0.25) is 0 Å². The highest BCUT2D eigenvalue weighted by atomic mass is 15.0. The number of fused-ring (bicyclic) bond motifs is 2. The fourth-order valence-electron chi connectivity index (χ4n) is 4.09. The number of anilines is 1. The van der Waals surface area contributed by atoms with Crippen LogP contribution in [0.5, 0.6) is 0 Å². The van der Waals surface area contributed by atoms with E-state index < -0.39 is 0 Å². The van der Waals surface area contributed by atoms with Gasteiger partial charge in [-0.3, -0.25) is 0 Å². The van der Waals surface area contributed by atoms with Crippen molar-refractivity contribution < 1.29 is 4.57 Å². The van der Waals surface area contributed by atoms with Gasteiger partial charge in [0.25, 0.3) is 0 Å². The van der Waals surface area contributed by atoms with Gasteiger partial charge < -0.3 is 15.3 Å². The molecule has 0 aliphatic carbocycles. The number of nitrogens with two attached hydrogens (primary N) is 1. The molecule has 5 nitrogen and oxygen atoms in total. The first-order valence-corrected chi connectivity index (χ1v) is 9.79. The van der Waals surface area contributed by atoms with Crippen LogP contribution >= 0.6 is 0 Å². The van der Waals surface area contributed by atoms with E-state index in [1.807, 2.05) is 12.1 Å². The highest BCUT2D eigenvalue weighted by Gasteiger charge is 2.29. The second kappa shape index (κ2) is 6.09. The molecule has 4 heterocycles. The van der Waals surface area contributed by atoms with Gasteiger partial charge >= 0.3 is 0 Å². The Hall–Kier alpha value is -2.82. The normalized spacial score (nSPS) is 12.9. The van der Waals surface area contributed by atoms with E-state index in [1.165, 1.54) is 16.6 Å². The molecule has 4 rings (SSSR count). The molecule has 28 heavy (non-hydrogen) atoms. The lowest BCUT2D eigenvalue weighted by Crippen LogP contribution is -2.42. The van der Waals surface area contributed by atoms with Gasteiger partial charge in [0.05, 0.1) is 27.4 Å². The molecule has 0 aliphatic heterocycles. The summed E-state index contributed by atoms with van der Waals surface area (Å²) in [5, 5.41) is 1.27. The predicted molar refractivity (Wildman–Crippen MR) is 115 cm³/mol. The van der Waals surface area contributed by atoms with Crippen LogP contribution in [0.2, 0.25) is 0 Å². The average molecular weight is 377 g/mol. The third-order valence-corrected chi connectivity index (χ3v) is 5.61. The number of hydrogen-bond donors (Lipinski definition) is 2. The summed E-state index contributed by atoms with van der Waals surface area (Å²) in [7, 11) is 2.15. The zero-order chi connectivity index (χ0) is 20.3. The summed E-state index contributed by atoms with van der Waals surface area (Å²) in [6.45, 7) is 12.2. The van der Waals surface area contributed by atoms with Crippen molar-refractivity contribution in [2.75, 3.05) is 5.73 Å². The third kappa shape index (κ3) is 3.15. The number of rotatable bonds is 3. The zero-order valence-electron chi connectivity index (χ0n) is 17.7. The second-order valence-electron chi connectivity index (χ2n) is 9.53. The zero-order valence-corrected chi connectivity index (χ0v) is 17.7. The number of hydrogen-bond acceptors (Lipinski definition) is 2. The number of aryl methyl sites for hydroxylation is 1. The second-order valence-corrected chi connectivity index (χ2v) is 9.53. The number of aromatic amines is 1. The lowest BCUT2D eigenvalue weighted by atomic mass is 9.89. The van der Waals surface area contributed by atoms with Gasteiger partial charge in [-0.1, -0.05) is 20.8 Å². The number of pyridine rings is 2. The summed E-state index contributed by atoms with van der Waals surface area (Å²) in [6, 6.07) is 10.5. The molecule has 4 aromatic rings. The molecule has 0 spiro atoms. The third-order valence-electron chi connectivity index (χ3n) is 5.61. The van der Waals surface area contributed by atoms with Crippen molar-refractivity contribution in [3.05, 3.63) is 54.1 Å². The van der Waals surface area contributed by atoms with Crippen molar-refractivity contribution in [2.45, 2.75) is 52.0 Å². The van der Waals surface area contributed by atoms with E-state index in [1.54, 1.807) is 0 Å². The predicted octanol–water partition coefficient (Wildman–Crippen LogP) is 4.20. The van der Waals surface area contributed by atoms with E-state index in [0.717, 1.165) is 23.3 Å². The molecule has 0 saturated carbocycles. The molecule has 146 valence electrons. The molecule has 5 heteroatoms. The minimum atomic E-state index is -0.0740. The van der Waals surface area contributed by atoms with Crippen LogP contribution in [0.4, 0.5) is 5.82 Å². The molecular weight excluding hydrogens is 346 g/mol. The molecule has 0 fully saturated rings. The Bertz CT molecular complexity index is 1170. The van der Waals surface area contributed by atoms with Crippen LogP contribution in [-0.2, 0) is 24.4 Å². The van der Waals surface area contributed by atoms with Crippen LogP contribution in [0.15, 0.2) is 42.7 Å². The first-order chi connectivity index (χ1) is 13.0. The molecular formula is C23H30N5+. The quantitative estimate of drug-likeness (QED) is 0.526. The minimum absolute atomic E-state index is 0.0740. The minimum Gasteiger partial charge on any atom is -0.384 e. The smallest absolute Gasteiger partial charge is 0.178 e. The Morgan fingerprint density at radius 2 is 1.86 bits per heavy atom. The largest absolute Gasteiger partial charge is 0.384 e. The lowest BCUT2D eigenvalue weighted by Gasteiger charge is -2.19. The van der Waals surface area contributed by atoms with E-state index in [-0.39, 0.29) is 10.8 Å². The lowest BCUT2D eigenvalue weighted by molar-refractivity contribution is -0.703. The highest BCUT2D eigenvalue weighted by Crippen LogP contribution is 2.29. The van der Waals surface area contributed by atoms with Gasteiger partial charge in [0.15, 0.2) is 18.9 Å². The summed E-state index contributed by atoms with van der Waals surface area (Å²) < 4.78 is 4.58. The maximum Gasteiger partial charge on any atom is 0.178 e. The molecule has 4 aromatic heterocycles. The average Bonchev–Trinajstić information content (AvgIpc) is 3.15. The number of nitrogens with zero attached hydrogens (tertiary/aromatic N) is 3. The standard InChI is InChI=1S/C23H30N5/c1-22(2,3)20-11-15-13-28(10-9-18(15)27(20)6)14-23(4,5)19-12-17-16(25-19)7-8-21(24)26-17/h7-13,25H,14H2,1-6H3,(H2,24,26)/q+1. The fourth-order valence-corrected chi connectivity index (χ4v) is 4.09. The van der Waals surface area contributed by atoms with E-state index in [2.05, 4.69) is 91.4 Å². The fraction of sp³-hybridized carbons (Fsp3) is 0.391. The molecule has 3 N–H and O–H groups in total. The molecule has 0 saturated heterocycles. The van der Waals surface area contributed by atoms with Crippen LogP contribution in [0.25, 0.3) is 21.9 Å². The Kier molecular flexibility index (Phi) is 4.03. The molecule has 0 unspecified atom stereocenters. The number of H-pyrrole nitrogens is 1. The van der Waals surface area contributed by atoms with E-state index in [4.69, 9.17) is 5.73 Å². The Morgan fingerprint density at radius 1 is 1.11 bits per heavy atom. The number of nitrogen functional groups attached to an aromatic ring is 1. The van der Waals surface area contributed by atoms with Crippen molar-refractivity contribution in [1.29, 1.82) is 0 Å². The van der Waals surface area contributed by atoms with Gasteiger partial charge in [0, 0.05) is 29.9 Å². The Labute approximate surface area is 166 Å². The van der Waals surface area contributed by atoms with E-state index in [0.29, 0.717) is 5.82 Å². The summed E-state index contributed by atoms with van der Waals surface area (Å²) in [5.41, 5.74) is 11.6. The molecule has 0 radical (unpaired) electrons. The van der Waals surface area contributed by atoms with Crippen molar-refractivity contribution in [3.63, 3.8) is 0 Å². The van der Waals surface area contributed by atoms with Crippen molar-refractivity contribution >= 4 is 27.8 Å². The molecule has 0 aliphatic rings. The summed E-state index contributed by atoms with van der Waals surface area (Å²) in [4.78, 5) is 7.95. The van der Waals surface area contributed by atoms with Crippen molar-refractivity contribution in [3.8, 4) is 0 Å². The van der Waals surface area contributed by atoms with Crippen molar-refractivity contribution in [2.24, 2.45) is 7.05 Å². The SMILES string of the molecule is Cn1c(C(C)(C)C)cc2c[n+](CC(C)(C)c3cc4nc(N)ccc4[nH]3)ccc21. The van der Waals surface area contributed by atoms with Crippen LogP contribution in [-0.4, -0.2) is 14.5 Å². The monoisotopic (exact) mass is 376 g/mol. The highest BCUT2D eigenvalue weighted by molar-refractivity contribution is 5.80.